The summed E-state index contributed by atoms with van der Waals surface area (Å²) in [6.07, 6.45) is 1.72. The summed E-state index contributed by atoms with van der Waals surface area (Å²) in [5, 5.41) is 3.22. The Bertz CT molecular complexity index is 1020. The van der Waals surface area contributed by atoms with Gasteiger partial charge in [0.05, 0.1) is 4.91 Å². The van der Waals surface area contributed by atoms with Crippen molar-refractivity contribution in [3.63, 3.8) is 0 Å². The first kappa shape index (κ1) is 18.8. The van der Waals surface area contributed by atoms with E-state index in [1.807, 2.05) is 6.07 Å². The fourth-order valence-corrected chi connectivity index (χ4v) is 4.15. The van der Waals surface area contributed by atoms with Crippen molar-refractivity contribution in [1.82, 2.24) is 4.90 Å². The minimum absolute atomic E-state index is 0.171. The number of thiocarbonyl (C=S) groups is 1. The Morgan fingerprint density at radius 1 is 1.25 bits per heavy atom. The van der Waals surface area contributed by atoms with Crippen LogP contribution in [0, 0.1) is 0 Å². The van der Waals surface area contributed by atoms with Crippen molar-refractivity contribution in [3.8, 4) is 11.5 Å². The van der Waals surface area contributed by atoms with Crippen LogP contribution in [0.3, 0.4) is 0 Å². The third kappa shape index (κ3) is 3.99. The maximum absolute atomic E-state index is 12.7. The fourth-order valence-electron chi connectivity index (χ4n) is 2.70. The van der Waals surface area contributed by atoms with Crippen molar-refractivity contribution in [1.29, 1.82) is 0 Å². The molecule has 28 heavy (non-hydrogen) atoms. The topological polar surface area (TPSA) is 67.9 Å². The summed E-state index contributed by atoms with van der Waals surface area (Å²) in [6, 6.07) is 12.2. The fraction of sp³-hybridized carbons (Fsp3) is 0.105. The number of fused-ring (bicyclic) bond motifs is 1. The molecule has 6 nitrogen and oxygen atoms in total. The third-order valence-corrected chi connectivity index (χ3v) is 5.59. The van der Waals surface area contributed by atoms with Crippen LogP contribution in [0.15, 0.2) is 47.4 Å². The van der Waals surface area contributed by atoms with Crippen LogP contribution in [-0.2, 0) is 9.59 Å². The first-order valence-electron chi connectivity index (χ1n) is 8.20. The van der Waals surface area contributed by atoms with Crippen LogP contribution < -0.4 is 14.8 Å². The number of thioether (sulfide) groups is 1. The number of carbonyl (C=O) groups excluding carboxylic acids is 2. The van der Waals surface area contributed by atoms with Crippen molar-refractivity contribution >= 4 is 63.5 Å². The van der Waals surface area contributed by atoms with Gasteiger partial charge >= 0.3 is 0 Å². The molecule has 1 fully saturated rings. The van der Waals surface area contributed by atoms with Crippen molar-refractivity contribution in [2.45, 2.75) is 0 Å². The maximum Gasteiger partial charge on any atom is 0.266 e. The van der Waals surface area contributed by atoms with E-state index in [9.17, 15) is 9.59 Å². The smallest absolute Gasteiger partial charge is 0.266 e. The van der Waals surface area contributed by atoms with E-state index in [0.717, 1.165) is 17.3 Å². The Morgan fingerprint density at radius 3 is 2.89 bits per heavy atom. The van der Waals surface area contributed by atoms with Gasteiger partial charge in [0.15, 0.2) is 11.5 Å². The number of nitrogens with one attached hydrogen (secondary N) is 1. The van der Waals surface area contributed by atoms with Crippen LogP contribution in [0.25, 0.3) is 6.08 Å². The number of benzene rings is 2. The number of anilines is 1. The third-order valence-electron chi connectivity index (χ3n) is 3.98. The van der Waals surface area contributed by atoms with Crippen LogP contribution in [0.2, 0.25) is 5.02 Å². The molecule has 0 aromatic heterocycles. The molecule has 1 N–H and O–H groups in total. The van der Waals surface area contributed by atoms with Gasteiger partial charge < -0.3 is 14.8 Å². The molecule has 9 heteroatoms. The zero-order valence-corrected chi connectivity index (χ0v) is 16.7. The SMILES string of the molecule is O=C(CN1C(=O)C(=Cc2ccc3c(c2)OCO3)SC1=S)Nc1cccc(Cl)c1. The molecule has 0 saturated carbocycles. The number of halogens is 1. The lowest BCUT2D eigenvalue weighted by Gasteiger charge is -2.14. The molecule has 0 radical (unpaired) electrons. The molecule has 2 aromatic rings. The molecule has 4 rings (SSSR count). The summed E-state index contributed by atoms with van der Waals surface area (Å²) in [5.74, 6) is 0.629. The molecular formula is C19H13ClN2O4S2. The molecule has 0 aliphatic carbocycles. The molecule has 2 aromatic carbocycles. The van der Waals surface area contributed by atoms with E-state index >= 15 is 0 Å². The molecule has 0 unspecified atom stereocenters. The van der Waals surface area contributed by atoms with Gasteiger partial charge in [-0.2, -0.15) is 0 Å². The number of amides is 2. The predicted octanol–water partition coefficient (Wildman–Crippen LogP) is 3.91. The minimum Gasteiger partial charge on any atom is -0.454 e. The van der Waals surface area contributed by atoms with Crippen LogP contribution in [0.4, 0.5) is 5.69 Å². The zero-order chi connectivity index (χ0) is 19.7. The summed E-state index contributed by atoms with van der Waals surface area (Å²) in [7, 11) is 0. The molecular weight excluding hydrogens is 420 g/mol. The highest BCUT2D eigenvalue weighted by atomic mass is 35.5. The molecule has 142 valence electrons. The molecule has 0 bridgehead atoms. The highest BCUT2D eigenvalue weighted by Gasteiger charge is 2.33. The van der Waals surface area contributed by atoms with Crippen LogP contribution >= 0.6 is 35.6 Å². The first-order chi connectivity index (χ1) is 13.5. The molecule has 2 heterocycles. The molecule has 1 saturated heterocycles. The van der Waals surface area contributed by atoms with Gasteiger partial charge in [-0.25, -0.2) is 0 Å². The molecule has 0 spiro atoms. The summed E-state index contributed by atoms with van der Waals surface area (Å²) < 4.78 is 11.0. The van der Waals surface area contributed by atoms with E-state index < -0.39 is 0 Å². The maximum atomic E-state index is 12.7. The highest BCUT2D eigenvalue weighted by Crippen LogP contribution is 2.36. The average Bonchev–Trinajstić information content (AvgIpc) is 3.21. The van der Waals surface area contributed by atoms with Gasteiger partial charge in [-0.1, -0.05) is 47.7 Å². The summed E-state index contributed by atoms with van der Waals surface area (Å²) in [6.45, 7) is 0.0122. The van der Waals surface area contributed by atoms with E-state index in [1.165, 1.54) is 4.90 Å². The Labute approximate surface area is 175 Å². The monoisotopic (exact) mass is 432 g/mol. The van der Waals surface area contributed by atoms with Gasteiger partial charge in [0, 0.05) is 10.7 Å². The lowest BCUT2D eigenvalue weighted by Crippen LogP contribution is -2.36. The zero-order valence-electron chi connectivity index (χ0n) is 14.3. The van der Waals surface area contributed by atoms with Gasteiger partial charge in [0.25, 0.3) is 5.91 Å². The molecule has 2 aliphatic rings. The van der Waals surface area contributed by atoms with Gasteiger partial charge in [-0.05, 0) is 42.0 Å². The lowest BCUT2D eigenvalue weighted by molar-refractivity contribution is -0.126. The average molecular weight is 433 g/mol. The van der Waals surface area contributed by atoms with Gasteiger partial charge in [-0.15, -0.1) is 0 Å². The lowest BCUT2D eigenvalue weighted by atomic mass is 10.2. The summed E-state index contributed by atoms with van der Waals surface area (Å²) >= 11 is 12.3. The largest absolute Gasteiger partial charge is 0.454 e. The normalized spacial score (nSPS) is 16.8. The number of nitrogens with zero attached hydrogens (tertiary/aromatic N) is 1. The summed E-state index contributed by atoms with van der Waals surface area (Å²) in [4.78, 5) is 26.7. The van der Waals surface area contributed by atoms with Crippen LogP contribution in [0.1, 0.15) is 5.56 Å². The molecule has 2 aliphatic heterocycles. The van der Waals surface area contributed by atoms with E-state index in [4.69, 9.17) is 33.3 Å². The second-order valence-electron chi connectivity index (χ2n) is 5.94. The minimum atomic E-state index is -0.358. The van der Waals surface area contributed by atoms with Crippen molar-refractivity contribution in [3.05, 3.63) is 58.0 Å². The van der Waals surface area contributed by atoms with Crippen molar-refractivity contribution in [2.24, 2.45) is 0 Å². The van der Waals surface area contributed by atoms with E-state index in [1.54, 1.807) is 42.5 Å². The number of ether oxygens (including phenoxy) is 2. The molecule has 2 amide bonds. The second-order valence-corrected chi connectivity index (χ2v) is 8.05. The van der Waals surface area contributed by atoms with Crippen LogP contribution in [-0.4, -0.2) is 34.4 Å². The van der Waals surface area contributed by atoms with Crippen LogP contribution in [0.5, 0.6) is 11.5 Å². The van der Waals surface area contributed by atoms with Gasteiger partial charge in [0.2, 0.25) is 12.7 Å². The number of carbonyl (C=O) groups is 2. The Hall–Kier alpha value is -2.55. The first-order valence-corrected chi connectivity index (χ1v) is 9.80. The molecule has 0 atom stereocenters. The quantitative estimate of drug-likeness (QED) is 0.583. The van der Waals surface area contributed by atoms with Gasteiger partial charge in [-0.3, -0.25) is 14.5 Å². The Balaban J connectivity index is 1.45. The van der Waals surface area contributed by atoms with Gasteiger partial charge in [0.1, 0.15) is 10.9 Å². The summed E-state index contributed by atoms with van der Waals surface area (Å²) in [5.41, 5.74) is 1.34. The van der Waals surface area contributed by atoms with E-state index in [2.05, 4.69) is 5.32 Å². The number of hydrogen-bond donors (Lipinski definition) is 1. The second kappa shape index (κ2) is 7.83. The standard InChI is InChI=1S/C19H13ClN2O4S2/c20-12-2-1-3-13(8-12)21-17(23)9-22-18(24)16(28-19(22)27)7-11-4-5-14-15(6-11)26-10-25-14/h1-8H,9-10H2,(H,21,23). The number of hydrogen-bond acceptors (Lipinski definition) is 6. The van der Waals surface area contributed by atoms with Crippen molar-refractivity contribution in [2.75, 3.05) is 18.7 Å². The highest BCUT2D eigenvalue weighted by molar-refractivity contribution is 8.26. The number of rotatable bonds is 4. The van der Waals surface area contributed by atoms with Crippen molar-refractivity contribution < 1.29 is 19.1 Å². The van der Waals surface area contributed by atoms with E-state index in [-0.39, 0.29) is 25.2 Å². The predicted molar refractivity (Wildman–Crippen MR) is 113 cm³/mol. The Kier molecular flexibility index (Phi) is 5.25. The van der Waals surface area contributed by atoms with E-state index in [0.29, 0.717) is 31.4 Å². The Morgan fingerprint density at radius 2 is 2.07 bits per heavy atom.